The summed E-state index contributed by atoms with van der Waals surface area (Å²) in [6, 6.07) is 8.09. The van der Waals surface area contributed by atoms with E-state index in [1.807, 2.05) is 19.1 Å². The first-order valence-electron chi connectivity index (χ1n) is 12.7. The first-order chi connectivity index (χ1) is 18.3. The molecule has 1 unspecified atom stereocenters. The fourth-order valence-electron chi connectivity index (χ4n) is 5.38. The van der Waals surface area contributed by atoms with E-state index in [0.717, 1.165) is 18.7 Å². The summed E-state index contributed by atoms with van der Waals surface area (Å²) in [5.74, 6) is -1.00. The quantitative estimate of drug-likeness (QED) is 0.268. The molecule has 38 heavy (non-hydrogen) atoms. The number of morpholine rings is 1. The standard InChI is InChI=1S/C28H32N4O6/c1-17-6-5-9-31-23(18(2)29-27(17)31)25(33)22-24(19-7-8-20(36-3)21(16-19)37-4)32(28(35)26(22)34)11-10-30-12-14-38-15-13-30/h5-9,16,24,33H,10-15H2,1-4H3. The van der Waals surface area contributed by atoms with Crippen LogP contribution in [0.5, 0.6) is 11.5 Å². The Morgan fingerprint density at radius 1 is 1.13 bits per heavy atom. The number of methoxy groups -OCH3 is 2. The maximum atomic E-state index is 14.1. The van der Waals surface area contributed by atoms with E-state index < -0.39 is 23.5 Å². The van der Waals surface area contributed by atoms with Gasteiger partial charge in [0, 0.05) is 11.8 Å². The van der Waals surface area contributed by atoms with Crippen molar-refractivity contribution in [2.24, 2.45) is 0 Å². The van der Waals surface area contributed by atoms with Gasteiger partial charge in [-0.15, -0.1) is 0 Å². The molecule has 0 aliphatic carbocycles. The molecular formula is C28H32N4O6. The summed E-state index contributed by atoms with van der Waals surface area (Å²) in [5.41, 5.74) is 2.85. The second kappa shape index (κ2) is 10.5. The maximum Gasteiger partial charge on any atom is 0.295 e. The third-order valence-corrected chi connectivity index (χ3v) is 7.39. The molecule has 4 heterocycles. The number of carbonyl (C=O) groups is 2. The number of pyridine rings is 1. The number of ketones is 1. The monoisotopic (exact) mass is 520 g/mol. The summed E-state index contributed by atoms with van der Waals surface area (Å²) in [6.07, 6.45) is 1.75. The van der Waals surface area contributed by atoms with Crippen molar-refractivity contribution in [2.45, 2.75) is 19.9 Å². The second-order valence-corrected chi connectivity index (χ2v) is 9.63. The lowest BCUT2D eigenvalue weighted by Crippen LogP contribution is -3.14. The molecule has 0 saturated carbocycles. The van der Waals surface area contributed by atoms with Crippen LogP contribution in [0.4, 0.5) is 0 Å². The number of quaternary nitrogens is 1. The third kappa shape index (κ3) is 4.39. The average molecular weight is 521 g/mol. The number of benzene rings is 1. The van der Waals surface area contributed by atoms with Crippen LogP contribution in [-0.2, 0) is 14.3 Å². The van der Waals surface area contributed by atoms with Gasteiger partial charge in [-0.3, -0.25) is 9.59 Å². The van der Waals surface area contributed by atoms with Crippen LogP contribution < -0.4 is 19.5 Å². The first-order valence-corrected chi connectivity index (χ1v) is 12.7. The van der Waals surface area contributed by atoms with Crippen molar-refractivity contribution in [3.63, 3.8) is 0 Å². The largest absolute Gasteiger partial charge is 0.871 e. The number of nitrogens with zero attached hydrogens (tertiary/aromatic N) is 3. The lowest BCUT2D eigenvalue weighted by atomic mass is 9.96. The van der Waals surface area contributed by atoms with Crippen molar-refractivity contribution in [1.29, 1.82) is 0 Å². The van der Waals surface area contributed by atoms with Gasteiger partial charge >= 0.3 is 0 Å². The summed E-state index contributed by atoms with van der Waals surface area (Å²) in [4.78, 5) is 34.3. The van der Waals surface area contributed by atoms with Gasteiger partial charge in [0.25, 0.3) is 5.91 Å². The summed E-state index contributed by atoms with van der Waals surface area (Å²) in [7, 11) is 3.06. The number of Topliss-reactive ketones (excluding diaryl/α,β-unsaturated/α-hetero) is 1. The molecule has 10 heteroatoms. The minimum absolute atomic E-state index is 0.0781. The van der Waals surface area contributed by atoms with Crippen molar-refractivity contribution < 1.29 is 33.8 Å². The molecule has 2 aliphatic heterocycles. The van der Waals surface area contributed by atoms with Gasteiger partial charge in [0.2, 0.25) is 5.78 Å². The summed E-state index contributed by atoms with van der Waals surface area (Å²) in [5, 5.41) is 14.1. The Balaban J connectivity index is 1.65. The van der Waals surface area contributed by atoms with Gasteiger partial charge in [-0.05, 0) is 43.2 Å². The van der Waals surface area contributed by atoms with Crippen LogP contribution in [0.3, 0.4) is 0 Å². The Morgan fingerprint density at radius 3 is 2.58 bits per heavy atom. The Labute approximate surface area is 221 Å². The molecule has 1 aromatic carbocycles. The molecule has 2 aromatic heterocycles. The zero-order valence-corrected chi connectivity index (χ0v) is 22.1. The molecule has 0 spiro atoms. The highest BCUT2D eigenvalue weighted by Crippen LogP contribution is 2.41. The number of ether oxygens (including phenoxy) is 3. The molecule has 0 radical (unpaired) electrons. The smallest absolute Gasteiger partial charge is 0.295 e. The van der Waals surface area contributed by atoms with E-state index >= 15 is 0 Å². The lowest BCUT2D eigenvalue weighted by molar-refractivity contribution is -0.907. The number of imidazole rings is 1. The van der Waals surface area contributed by atoms with Gasteiger partial charge < -0.3 is 33.5 Å². The third-order valence-electron chi connectivity index (χ3n) is 7.39. The topological polar surface area (TPSA) is 110 Å². The van der Waals surface area contributed by atoms with Gasteiger partial charge in [-0.1, -0.05) is 17.9 Å². The minimum atomic E-state index is -0.863. The van der Waals surface area contributed by atoms with Gasteiger partial charge in [0.15, 0.2) is 11.5 Å². The predicted octanol–water partition coefficient (Wildman–Crippen LogP) is 0.107. The number of amides is 1. The maximum absolute atomic E-state index is 14.1. The predicted molar refractivity (Wildman–Crippen MR) is 137 cm³/mol. The van der Waals surface area contributed by atoms with Gasteiger partial charge in [0.05, 0.1) is 58.0 Å². The molecule has 1 atom stereocenters. The molecule has 3 aromatic rings. The van der Waals surface area contributed by atoms with E-state index in [0.29, 0.717) is 54.7 Å². The first kappa shape index (κ1) is 25.7. The van der Waals surface area contributed by atoms with Gasteiger partial charge in [-0.25, -0.2) is 4.98 Å². The van der Waals surface area contributed by atoms with E-state index in [1.54, 1.807) is 35.7 Å². The Kier molecular flexibility index (Phi) is 7.09. The molecule has 1 N–H and O–H groups in total. The molecule has 5 rings (SSSR count). The van der Waals surface area contributed by atoms with Crippen LogP contribution in [-0.4, -0.2) is 79.6 Å². The van der Waals surface area contributed by atoms with Crippen LogP contribution in [0, 0.1) is 13.8 Å². The Morgan fingerprint density at radius 2 is 1.87 bits per heavy atom. The van der Waals surface area contributed by atoms with Crippen LogP contribution in [0.1, 0.15) is 28.6 Å². The lowest BCUT2D eigenvalue weighted by Gasteiger charge is -2.30. The molecule has 2 saturated heterocycles. The molecule has 2 fully saturated rings. The highest BCUT2D eigenvalue weighted by molar-refractivity contribution is 6.46. The van der Waals surface area contributed by atoms with Gasteiger partial charge in [-0.2, -0.15) is 0 Å². The molecular weight excluding hydrogens is 488 g/mol. The van der Waals surface area contributed by atoms with Crippen molar-refractivity contribution in [2.75, 3.05) is 53.6 Å². The van der Waals surface area contributed by atoms with Crippen LogP contribution in [0.25, 0.3) is 11.4 Å². The molecule has 1 amide bonds. The number of rotatable bonds is 7. The number of fused-ring (bicyclic) bond motifs is 1. The molecule has 2 aliphatic rings. The number of carbonyl (C=O) groups excluding carboxylic acids is 2. The molecule has 200 valence electrons. The van der Waals surface area contributed by atoms with E-state index in [4.69, 9.17) is 14.2 Å². The summed E-state index contributed by atoms with van der Waals surface area (Å²) in [6.45, 7) is 7.58. The van der Waals surface area contributed by atoms with E-state index in [-0.39, 0.29) is 11.3 Å². The van der Waals surface area contributed by atoms with Crippen molar-refractivity contribution >= 4 is 23.1 Å². The zero-order valence-electron chi connectivity index (χ0n) is 22.1. The number of nitrogens with one attached hydrogen (secondary N) is 1. The number of likely N-dealkylation sites (tertiary alicyclic amines) is 1. The second-order valence-electron chi connectivity index (χ2n) is 9.63. The number of aromatic nitrogens is 2. The van der Waals surface area contributed by atoms with Crippen LogP contribution in [0.15, 0.2) is 42.1 Å². The zero-order chi connectivity index (χ0) is 27.0. The fraction of sp³-hybridized carbons (Fsp3) is 0.393. The number of hydrogen-bond donors (Lipinski definition) is 1. The minimum Gasteiger partial charge on any atom is -0.871 e. The summed E-state index contributed by atoms with van der Waals surface area (Å²) >= 11 is 0. The van der Waals surface area contributed by atoms with E-state index in [9.17, 15) is 14.7 Å². The SMILES string of the molecule is COc1ccc(C2C(=C([O-])c3c(C)nc4c(C)cccn34)C(=O)C(=O)N2CC[NH+]2CCOCC2)cc1OC. The highest BCUT2D eigenvalue weighted by Gasteiger charge is 2.45. The highest BCUT2D eigenvalue weighted by atomic mass is 16.5. The van der Waals surface area contributed by atoms with E-state index in [2.05, 4.69) is 4.98 Å². The fourth-order valence-corrected chi connectivity index (χ4v) is 5.38. The number of aryl methyl sites for hydroxylation is 2. The van der Waals surface area contributed by atoms with Crippen molar-refractivity contribution in [3.8, 4) is 11.5 Å². The Hall–Kier alpha value is -3.89. The molecule has 10 nitrogen and oxygen atoms in total. The Bertz CT molecular complexity index is 1420. The normalized spacial score (nSPS) is 19.9. The van der Waals surface area contributed by atoms with Crippen LogP contribution in [0.2, 0.25) is 0 Å². The van der Waals surface area contributed by atoms with E-state index in [1.165, 1.54) is 24.0 Å². The number of hydrogen-bond acceptors (Lipinski definition) is 7. The molecule has 0 bridgehead atoms. The van der Waals surface area contributed by atoms with Crippen molar-refractivity contribution in [3.05, 3.63) is 64.6 Å². The van der Waals surface area contributed by atoms with Crippen molar-refractivity contribution in [1.82, 2.24) is 14.3 Å². The average Bonchev–Trinajstić information content (AvgIpc) is 3.41. The van der Waals surface area contributed by atoms with Crippen LogP contribution >= 0.6 is 0 Å². The summed E-state index contributed by atoms with van der Waals surface area (Å²) < 4.78 is 18.0. The van der Waals surface area contributed by atoms with Gasteiger partial charge in [0.1, 0.15) is 18.7 Å².